The Morgan fingerprint density at radius 3 is 2.42 bits per heavy atom. The molecule has 1 aromatic heterocycles. The van der Waals surface area contributed by atoms with Gasteiger partial charge in [0.25, 0.3) is 0 Å². The lowest BCUT2D eigenvalue weighted by molar-refractivity contribution is 0.361. The van der Waals surface area contributed by atoms with Crippen LogP contribution in [0.1, 0.15) is 5.56 Å². The Hall–Kier alpha value is -1.70. The van der Waals surface area contributed by atoms with Gasteiger partial charge in [0.05, 0.1) is 0 Å². The molecule has 1 heterocycles. The number of imidazole rings is 1. The van der Waals surface area contributed by atoms with Crippen molar-refractivity contribution in [2.45, 2.75) is 6.92 Å². The summed E-state index contributed by atoms with van der Waals surface area (Å²) in [4.78, 5) is 6.49. The highest BCUT2D eigenvalue weighted by molar-refractivity contribution is 7.88. The molecule has 2 aromatic rings. The van der Waals surface area contributed by atoms with Gasteiger partial charge in [0.15, 0.2) is 5.82 Å². The molecular weight excluding hydrogens is 264 g/mol. The van der Waals surface area contributed by atoms with Crippen molar-refractivity contribution >= 4 is 10.2 Å². The van der Waals surface area contributed by atoms with Crippen LogP contribution in [-0.2, 0) is 10.2 Å². The van der Waals surface area contributed by atoms with Crippen molar-refractivity contribution in [1.82, 2.24) is 18.8 Å². The van der Waals surface area contributed by atoms with Gasteiger partial charge < -0.3 is 0 Å². The summed E-state index contributed by atoms with van der Waals surface area (Å²) in [5.41, 5.74) is 1.86. The molecule has 0 saturated carbocycles. The summed E-state index contributed by atoms with van der Waals surface area (Å²) in [6.45, 7) is 1.97. The molecule has 7 heteroatoms. The Bertz CT molecular complexity index is 659. The van der Waals surface area contributed by atoms with Crippen LogP contribution in [0.4, 0.5) is 0 Å². The van der Waals surface area contributed by atoms with Gasteiger partial charge in [0.2, 0.25) is 0 Å². The molecule has 6 nitrogen and oxygen atoms in total. The molecule has 0 unspecified atom stereocenters. The fourth-order valence-electron chi connectivity index (χ4n) is 1.67. The van der Waals surface area contributed by atoms with Crippen molar-refractivity contribution < 1.29 is 8.42 Å². The van der Waals surface area contributed by atoms with Crippen molar-refractivity contribution in [2.75, 3.05) is 14.1 Å². The first-order valence-corrected chi connectivity index (χ1v) is 7.15. The van der Waals surface area contributed by atoms with E-state index < -0.39 is 10.2 Å². The average Bonchev–Trinajstić information content (AvgIpc) is 2.78. The predicted octanol–water partition coefficient (Wildman–Crippen LogP) is 1.02. The molecule has 0 aliphatic carbocycles. The molecule has 1 N–H and O–H groups in total. The fraction of sp³-hybridized carbons (Fsp3) is 0.250. The molecular formula is C12H16N4O2S. The summed E-state index contributed by atoms with van der Waals surface area (Å²) in [6, 6.07) is 7.53. The third-order valence-electron chi connectivity index (χ3n) is 2.47. The second-order valence-corrected chi connectivity index (χ2v) is 5.93. The highest BCUT2D eigenvalue weighted by Gasteiger charge is 2.18. The first-order chi connectivity index (χ1) is 8.90. The van der Waals surface area contributed by atoms with Gasteiger partial charge in [-0.25, -0.2) is 14.0 Å². The number of rotatable bonds is 4. The van der Waals surface area contributed by atoms with Gasteiger partial charge in [-0.1, -0.05) is 29.8 Å². The summed E-state index contributed by atoms with van der Waals surface area (Å²) in [6.07, 6.45) is 2.88. The first-order valence-electron chi connectivity index (χ1n) is 5.71. The van der Waals surface area contributed by atoms with Crippen LogP contribution in [0, 0.1) is 6.92 Å². The van der Waals surface area contributed by atoms with Crippen LogP contribution in [0.2, 0.25) is 0 Å². The number of hydrogen-bond donors (Lipinski definition) is 1. The number of nitrogens with one attached hydrogen (secondary N) is 1. The minimum atomic E-state index is -3.68. The van der Waals surface area contributed by atoms with Gasteiger partial charge in [0.1, 0.15) is 0 Å². The van der Waals surface area contributed by atoms with Crippen molar-refractivity contribution in [3.8, 4) is 11.4 Å². The van der Waals surface area contributed by atoms with E-state index in [1.807, 2.05) is 31.2 Å². The average molecular weight is 280 g/mol. The number of hydrazine groups is 1. The van der Waals surface area contributed by atoms with Gasteiger partial charge in [-0.3, -0.25) is 0 Å². The van der Waals surface area contributed by atoms with Crippen molar-refractivity contribution in [3.63, 3.8) is 0 Å². The number of benzene rings is 1. The van der Waals surface area contributed by atoms with Crippen LogP contribution >= 0.6 is 0 Å². The molecule has 0 atom stereocenters. The zero-order valence-electron chi connectivity index (χ0n) is 11.0. The smallest absolute Gasteiger partial charge is 0.236 e. The van der Waals surface area contributed by atoms with E-state index in [0.29, 0.717) is 5.82 Å². The third-order valence-corrected chi connectivity index (χ3v) is 3.88. The van der Waals surface area contributed by atoms with E-state index in [1.54, 1.807) is 14.1 Å². The van der Waals surface area contributed by atoms with E-state index in [2.05, 4.69) is 9.82 Å². The van der Waals surface area contributed by atoms with Crippen LogP contribution in [0.5, 0.6) is 0 Å². The van der Waals surface area contributed by atoms with Crippen molar-refractivity contribution in [3.05, 3.63) is 42.2 Å². The molecule has 0 aliphatic rings. The normalized spacial score (nSPS) is 12.0. The maximum atomic E-state index is 12.1. The maximum absolute atomic E-state index is 12.1. The molecule has 0 spiro atoms. The van der Waals surface area contributed by atoms with Gasteiger partial charge in [-0.05, 0) is 6.92 Å². The van der Waals surface area contributed by atoms with Crippen LogP contribution in [0.3, 0.4) is 0 Å². The summed E-state index contributed by atoms with van der Waals surface area (Å²) in [5, 5.41) is 1.37. The molecule has 0 amide bonds. The van der Waals surface area contributed by atoms with E-state index in [0.717, 1.165) is 15.1 Å². The van der Waals surface area contributed by atoms with Gasteiger partial charge in [-0.15, -0.1) is 4.83 Å². The zero-order valence-corrected chi connectivity index (χ0v) is 11.8. The van der Waals surface area contributed by atoms with Gasteiger partial charge >= 0.3 is 10.2 Å². The standard InChI is InChI=1S/C12H16N4O2S/c1-10-4-6-11(7-5-10)12-13-8-9-16(12)19(17,18)14-15(2)3/h4-9,14H,1-3H3. The fourth-order valence-corrected chi connectivity index (χ4v) is 2.81. The number of aromatic nitrogens is 2. The summed E-state index contributed by atoms with van der Waals surface area (Å²) in [7, 11) is -0.453. The van der Waals surface area contributed by atoms with Crippen molar-refractivity contribution in [1.29, 1.82) is 0 Å². The SMILES string of the molecule is Cc1ccc(-c2nccn2S(=O)(=O)NN(C)C)cc1. The number of aryl methyl sites for hydroxylation is 1. The highest BCUT2D eigenvalue weighted by Crippen LogP contribution is 2.19. The second-order valence-electron chi connectivity index (χ2n) is 4.40. The molecule has 2 rings (SSSR count). The lowest BCUT2D eigenvalue weighted by atomic mass is 10.1. The lowest BCUT2D eigenvalue weighted by Gasteiger charge is -2.14. The van der Waals surface area contributed by atoms with Gasteiger partial charge in [0, 0.05) is 32.1 Å². The quantitative estimate of drug-likeness (QED) is 0.849. The van der Waals surface area contributed by atoms with Crippen LogP contribution < -0.4 is 4.83 Å². The van der Waals surface area contributed by atoms with E-state index in [-0.39, 0.29) is 0 Å². The van der Waals surface area contributed by atoms with Crippen LogP contribution in [0.15, 0.2) is 36.7 Å². The molecule has 0 bridgehead atoms. The molecule has 0 fully saturated rings. The Kier molecular flexibility index (Phi) is 3.70. The summed E-state index contributed by atoms with van der Waals surface area (Å²) >= 11 is 0. The molecule has 0 aliphatic heterocycles. The topological polar surface area (TPSA) is 67.2 Å². The Morgan fingerprint density at radius 1 is 1.21 bits per heavy atom. The Labute approximate surface area is 112 Å². The number of hydrogen-bond acceptors (Lipinski definition) is 4. The minimum Gasteiger partial charge on any atom is -0.236 e. The maximum Gasteiger partial charge on any atom is 0.319 e. The summed E-state index contributed by atoms with van der Waals surface area (Å²) < 4.78 is 25.4. The predicted molar refractivity (Wildman–Crippen MR) is 73.5 cm³/mol. The van der Waals surface area contributed by atoms with Crippen molar-refractivity contribution in [2.24, 2.45) is 0 Å². The Balaban J connectivity index is 2.46. The number of nitrogens with zero attached hydrogens (tertiary/aromatic N) is 3. The highest BCUT2D eigenvalue weighted by atomic mass is 32.2. The van der Waals surface area contributed by atoms with E-state index in [9.17, 15) is 8.42 Å². The molecule has 102 valence electrons. The Morgan fingerprint density at radius 2 is 1.84 bits per heavy atom. The largest absolute Gasteiger partial charge is 0.319 e. The monoisotopic (exact) mass is 280 g/mol. The molecule has 19 heavy (non-hydrogen) atoms. The zero-order chi connectivity index (χ0) is 14.0. The van der Waals surface area contributed by atoms with E-state index >= 15 is 0 Å². The molecule has 0 saturated heterocycles. The first kappa shape index (κ1) is 13.7. The van der Waals surface area contributed by atoms with E-state index in [1.165, 1.54) is 17.4 Å². The van der Waals surface area contributed by atoms with Crippen LogP contribution in [0.25, 0.3) is 11.4 Å². The van der Waals surface area contributed by atoms with Crippen LogP contribution in [-0.4, -0.2) is 36.5 Å². The third kappa shape index (κ3) is 3.01. The van der Waals surface area contributed by atoms with E-state index in [4.69, 9.17) is 0 Å². The second kappa shape index (κ2) is 5.12. The van der Waals surface area contributed by atoms with Gasteiger partial charge in [-0.2, -0.15) is 8.42 Å². The lowest BCUT2D eigenvalue weighted by Crippen LogP contribution is -2.39. The molecule has 0 radical (unpaired) electrons. The molecule has 1 aromatic carbocycles. The minimum absolute atomic E-state index is 0.384. The summed E-state index contributed by atoms with van der Waals surface area (Å²) in [5.74, 6) is 0.384.